The highest BCUT2D eigenvalue weighted by Gasteiger charge is 2.05. The van der Waals surface area contributed by atoms with Crippen molar-refractivity contribution in [2.24, 2.45) is 0 Å². The van der Waals surface area contributed by atoms with Crippen molar-refractivity contribution >= 4 is 16.9 Å². The molecule has 0 saturated carbocycles. The number of aromatic nitrogens is 1. The summed E-state index contributed by atoms with van der Waals surface area (Å²) < 4.78 is 12.2. The maximum Gasteiger partial charge on any atom is 0.336 e. The molecule has 7 nitrogen and oxygen atoms in total. The van der Waals surface area contributed by atoms with Crippen LogP contribution in [0, 0.1) is 0 Å². The van der Waals surface area contributed by atoms with Crippen LogP contribution in [-0.2, 0) is 17.9 Å². The number of amides is 1. The fraction of sp³-hybridized carbons (Fsp3) is 0.125. The Morgan fingerprint density at radius 3 is 2.52 bits per heavy atom. The Morgan fingerprint density at radius 1 is 0.935 bits per heavy atom. The summed E-state index contributed by atoms with van der Waals surface area (Å²) in [6.45, 7) is 0.698. The number of benzene rings is 2. The molecule has 7 heteroatoms. The normalized spacial score (nSPS) is 10.7. The maximum atomic E-state index is 12.1. The molecular formula is C24H20N2O5. The first-order valence-electron chi connectivity index (χ1n) is 9.73. The minimum absolute atomic E-state index is 0.0487. The van der Waals surface area contributed by atoms with Gasteiger partial charge in [0.1, 0.15) is 11.3 Å². The Hall–Kier alpha value is -4.13. The van der Waals surface area contributed by atoms with Gasteiger partial charge in [0.05, 0.1) is 6.54 Å². The molecule has 156 valence electrons. The molecule has 0 aliphatic carbocycles. The van der Waals surface area contributed by atoms with Gasteiger partial charge in [0.2, 0.25) is 0 Å². The van der Waals surface area contributed by atoms with E-state index < -0.39 is 5.63 Å². The lowest BCUT2D eigenvalue weighted by molar-refractivity contribution is -0.123. The molecule has 4 aromatic rings. The van der Waals surface area contributed by atoms with E-state index in [4.69, 9.17) is 9.15 Å². The van der Waals surface area contributed by atoms with Gasteiger partial charge >= 0.3 is 5.63 Å². The molecule has 0 unspecified atom stereocenters. The fourth-order valence-corrected chi connectivity index (χ4v) is 3.08. The molecule has 2 aromatic carbocycles. The number of fused-ring (bicyclic) bond motifs is 1. The Bertz CT molecular complexity index is 1320. The average molecular weight is 416 g/mol. The van der Waals surface area contributed by atoms with Gasteiger partial charge < -0.3 is 19.0 Å². The smallest absolute Gasteiger partial charge is 0.336 e. The molecule has 0 aliphatic rings. The third kappa shape index (κ3) is 5.27. The van der Waals surface area contributed by atoms with Crippen LogP contribution in [0.4, 0.5) is 0 Å². The second kappa shape index (κ2) is 9.13. The van der Waals surface area contributed by atoms with Crippen molar-refractivity contribution in [3.8, 4) is 5.75 Å². The molecule has 0 fully saturated rings. The third-order valence-corrected chi connectivity index (χ3v) is 4.73. The number of nitrogens with zero attached hydrogens (tertiary/aromatic N) is 1. The van der Waals surface area contributed by atoms with Crippen molar-refractivity contribution in [3.05, 3.63) is 111 Å². The lowest BCUT2D eigenvalue weighted by Crippen LogP contribution is -2.28. The zero-order chi connectivity index (χ0) is 21.6. The van der Waals surface area contributed by atoms with Crippen molar-refractivity contribution < 1.29 is 13.9 Å². The first-order valence-corrected chi connectivity index (χ1v) is 9.73. The van der Waals surface area contributed by atoms with Crippen LogP contribution in [0.15, 0.2) is 93.0 Å². The van der Waals surface area contributed by atoms with Crippen molar-refractivity contribution in [3.63, 3.8) is 0 Å². The van der Waals surface area contributed by atoms with Crippen LogP contribution >= 0.6 is 0 Å². The largest absolute Gasteiger partial charge is 0.484 e. The fourth-order valence-electron chi connectivity index (χ4n) is 3.08. The molecule has 0 radical (unpaired) electrons. The monoisotopic (exact) mass is 416 g/mol. The molecule has 0 spiro atoms. The number of nitrogens with one attached hydrogen (secondary N) is 1. The van der Waals surface area contributed by atoms with Crippen molar-refractivity contribution in [2.75, 3.05) is 6.61 Å². The summed E-state index contributed by atoms with van der Waals surface area (Å²) in [6, 6.07) is 20.8. The van der Waals surface area contributed by atoms with Crippen molar-refractivity contribution in [1.82, 2.24) is 9.88 Å². The van der Waals surface area contributed by atoms with E-state index >= 15 is 0 Å². The standard InChI is InChI=1S/C24H20N2O5/c27-22(16-30-20-10-8-19-9-11-24(29)31-21(19)13-20)25-14-17-4-6-18(7-5-17)15-26-12-2-1-3-23(26)28/h1-13H,14-16H2,(H,25,27). The van der Waals surface area contributed by atoms with Crippen LogP contribution in [-0.4, -0.2) is 17.1 Å². The summed E-state index contributed by atoms with van der Waals surface area (Å²) in [6.07, 6.45) is 1.75. The van der Waals surface area contributed by atoms with Gasteiger partial charge in [-0.3, -0.25) is 9.59 Å². The Morgan fingerprint density at radius 2 is 1.71 bits per heavy atom. The molecular weight excluding hydrogens is 396 g/mol. The van der Waals surface area contributed by atoms with Crippen LogP contribution in [0.3, 0.4) is 0 Å². The highest BCUT2D eigenvalue weighted by atomic mass is 16.5. The van der Waals surface area contributed by atoms with Gasteiger partial charge in [-0.1, -0.05) is 30.3 Å². The highest BCUT2D eigenvalue weighted by molar-refractivity contribution is 5.79. The Labute approximate surface area is 177 Å². The summed E-state index contributed by atoms with van der Waals surface area (Å²) in [4.78, 5) is 35.2. The Balaban J connectivity index is 1.28. The summed E-state index contributed by atoms with van der Waals surface area (Å²) in [5, 5.41) is 3.58. The molecule has 0 aliphatic heterocycles. The lowest BCUT2D eigenvalue weighted by atomic mass is 10.1. The summed E-state index contributed by atoms with van der Waals surface area (Å²) in [5.74, 6) is 0.173. The van der Waals surface area contributed by atoms with E-state index in [1.54, 1.807) is 41.1 Å². The van der Waals surface area contributed by atoms with Gasteiger partial charge in [-0.2, -0.15) is 0 Å². The van der Waals surface area contributed by atoms with Crippen LogP contribution in [0.5, 0.6) is 5.75 Å². The molecule has 31 heavy (non-hydrogen) atoms. The number of carbonyl (C=O) groups is 1. The summed E-state index contributed by atoms with van der Waals surface area (Å²) in [7, 11) is 0. The molecule has 1 N–H and O–H groups in total. The van der Waals surface area contributed by atoms with E-state index in [9.17, 15) is 14.4 Å². The molecule has 0 bridgehead atoms. The van der Waals surface area contributed by atoms with Crippen molar-refractivity contribution in [1.29, 1.82) is 0 Å². The van der Waals surface area contributed by atoms with Gasteiger partial charge in [-0.15, -0.1) is 0 Å². The van der Waals surface area contributed by atoms with Gasteiger partial charge in [-0.05, 0) is 35.4 Å². The minimum atomic E-state index is -0.441. The van der Waals surface area contributed by atoms with Crippen LogP contribution in [0.2, 0.25) is 0 Å². The third-order valence-electron chi connectivity index (χ3n) is 4.73. The summed E-state index contributed by atoms with van der Waals surface area (Å²) >= 11 is 0. The van der Waals surface area contributed by atoms with Gasteiger partial charge in [0.15, 0.2) is 6.61 Å². The predicted molar refractivity (Wildman–Crippen MR) is 116 cm³/mol. The van der Waals surface area contributed by atoms with E-state index in [2.05, 4.69) is 5.32 Å². The molecule has 0 saturated heterocycles. The van der Waals surface area contributed by atoms with Gasteiger partial charge in [0.25, 0.3) is 11.5 Å². The van der Waals surface area contributed by atoms with E-state index in [1.807, 2.05) is 30.3 Å². The van der Waals surface area contributed by atoms with Gasteiger partial charge in [0, 0.05) is 36.3 Å². The predicted octanol–water partition coefficient (Wildman–Crippen LogP) is 2.70. The lowest BCUT2D eigenvalue weighted by Gasteiger charge is -2.09. The molecule has 2 heterocycles. The highest BCUT2D eigenvalue weighted by Crippen LogP contribution is 2.19. The number of ether oxygens (including phenoxy) is 1. The quantitative estimate of drug-likeness (QED) is 0.468. The number of hydrogen-bond donors (Lipinski definition) is 1. The maximum absolute atomic E-state index is 12.1. The SMILES string of the molecule is O=C(COc1ccc2ccc(=O)oc2c1)NCc1ccc(Cn2ccccc2=O)cc1. The molecule has 4 rings (SSSR count). The van der Waals surface area contributed by atoms with Gasteiger partial charge in [-0.25, -0.2) is 4.79 Å². The molecule has 1 amide bonds. The first kappa shape index (κ1) is 20.2. The van der Waals surface area contributed by atoms with Crippen LogP contribution in [0.25, 0.3) is 11.0 Å². The molecule has 0 atom stereocenters. The number of hydrogen-bond acceptors (Lipinski definition) is 5. The number of rotatable bonds is 7. The van der Waals surface area contributed by atoms with Crippen molar-refractivity contribution in [2.45, 2.75) is 13.1 Å². The molecule has 2 aromatic heterocycles. The second-order valence-electron chi connectivity index (χ2n) is 7.00. The van der Waals surface area contributed by atoms with E-state index in [0.717, 1.165) is 16.5 Å². The zero-order valence-electron chi connectivity index (χ0n) is 16.6. The van der Waals surface area contributed by atoms with E-state index in [0.29, 0.717) is 24.4 Å². The van der Waals surface area contributed by atoms with E-state index in [-0.39, 0.29) is 18.1 Å². The minimum Gasteiger partial charge on any atom is -0.484 e. The second-order valence-corrected chi connectivity index (χ2v) is 7.00. The average Bonchev–Trinajstić information content (AvgIpc) is 2.78. The van der Waals surface area contributed by atoms with E-state index in [1.165, 1.54) is 12.1 Å². The van der Waals surface area contributed by atoms with Crippen LogP contribution in [0.1, 0.15) is 11.1 Å². The summed E-state index contributed by atoms with van der Waals surface area (Å²) in [5.41, 5.74) is 1.85. The Kier molecular flexibility index (Phi) is 5.93. The zero-order valence-corrected chi connectivity index (χ0v) is 16.6. The topological polar surface area (TPSA) is 90.5 Å². The number of carbonyl (C=O) groups excluding carboxylic acids is 1. The first-order chi connectivity index (χ1) is 15.1. The number of pyridine rings is 1. The van der Waals surface area contributed by atoms with Crippen LogP contribution < -0.4 is 21.2 Å².